The molecule has 0 aliphatic carbocycles. The van der Waals surface area contributed by atoms with Crippen LogP contribution in [0.3, 0.4) is 0 Å². The van der Waals surface area contributed by atoms with Crippen LogP contribution in [0.25, 0.3) is 0 Å². The molecule has 3 nitrogen and oxygen atoms in total. The Hall–Kier alpha value is -2.00. The van der Waals surface area contributed by atoms with E-state index in [4.69, 9.17) is 5.11 Å². The molecular weight excluding hydrogens is 236 g/mol. The number of nitrogens with zero attached hydrogens (tertiary/aromatic N) is 2. The van der Waals surface area contributed by atoms with E-state index in [0.717, 1.165) is 18.7 Å². The van der Waals surface area contributed by atoms with Crippen molar-refractivity contribution in [2.45, 2.75) is 6.61 Å². The third-order valence-electron chi connectivity index (χ3n) is 3.67. The van der Waals surface area contributed by atoms with E-state index in [2.05, 4.69) is 53.2 Å². The average molecular weight is 254 g/mol. The van der Waals surface area contributed by atoms with Crippen LogP contribution < -0.4 is 9.80 Å². The number of rotatable bonds is 2. The lowest BCUT2D eigenvalue weighted by Crippen LogP contribution is -2.36. The average Bonchev–Trinajstić information content (AvgIpc) is 2.48. The molecule has 0 unspecified atom stereocenters. The van der Waals surface area contributed by atoms with Crippen LogP contribution in [0, 0.1) is 0 Å². The summed E-state index contributed by atoms with van der Waals surface area (Å²) in [6.45, 7) is 2.09. The Morgan fingerprint density at radius 3 is 2.32 bits per heavy atom. The van der Waals surface area contributed by atoms with Gasteiger partial charge in [-0.1, -0.05) is 24.3 Å². The number of aliphatic hydroxyl groups excluding tert-OH is 1. The molecule has 1 aliphatic rings. The van der Waals surface area contributed by atoms with Crippen molar-refractivity contribution in [1.82, 2.24) is 0 Å². The maximum Gasteiger partial charge on any atom is 0.0681 e. The Balaban J connectivity index is 1.99. The Labute approximate surface area is 113 Å². The molecule has 2 aromatic rings. The minimum absolute atomic E-state index is 0.0968. The molecule has 0 bridgehead atoms. The highest BCUT2D eigenvalue weighted by Crippen LogP contribution is 2.36. The van der Waals surface area contributed by atoms with Gasteiger partial charge >= 0.3 is 0 Å². The summed E-state index contributed by atoms with van der Waals surface area (Å²) in [7, 11) is 2.13. The van der Waals surface area contributed by atoms with Crippen molar-refractivity contribution in [2.75, 3.05) is 29.9 Å². The second-order valence-electron chi connectivity index (χ2n) is 4.89. The Morgan fingerprint density at radius 1 is 0.947 bits per heavy atom. The number of fused-ring (bicyclic) bond motifs is 1. The fraction of sp³-hybridized carbons (Fsp3) is 0.250. The monoisotopic (exact) mass is 254 g/mol. The third kappa shape index (κ3) is 2.17. The molecule has 1 N–H and O–H groups in total. The molecular formula is C16H18N2O. The van der Waals surface area contributed by atoms with Gasteiger partial charge in [-0.05, 0) is 29.8 Å². The van der Waals surface area contributed by atoms with Gasteiger partial charge in [0.15, 0.2) is 0 Å². The van der Waals surface area contributed by atoms with Crippen LogP contribution in [0.15, 0.2) is 48.5 Å². The van der Waals surface area contributed by atoms with Gasteiger partial charge in [-0.25, -0.2) is 0 Å². The predicted molar refractivity (Wildman–Crippen MR) is 79.1 cm³/mol. The van der Waals surface area contributed by atoms with E-state index in [-0.39, 0.29) is 6.61 Å². The minimum atomic E-state index is 0.0968. The van der Waals surface area contributed by atoms with Crippen LogP contribution in [0.1, 0.15) is 5.56 Å². The maximum atomic E-state index is 9.11. The van der Waals surface area contributed by atoms with Crippen molar-refractivity contribution < 1.29 is 5.11 Å². The van der Waals surface area contributed by atoms with Crippen molar-refractivity contribution in [3.05, 3.63) is 54.1 Å². The van der Waals surface area contributed by atoms with Crippen LogP contribution in [0.4, 0.5) is 17.1 Å². The summed E-state index contributed by atoms with van der Waals surface area (Å²) in [5.41, 5.74) is 4.64. The number of hydrogen-bond acceptors (Lipinski definition) is 3. The van der Waals surface area contributed by atoms with Gasteiger partial charge < -0.3 is 14.9 Å². The second kappa shape index (κ2) is 4.94. The topological polar surface area (TPSA) is 26.7 Å². The van der Waals surface area contributed by atoms with Gasteiger partial charge in [0.1, 0.15) is 0 Å². The minimum Gasteiger partial charge on any atom is -0.392 e. The van der Waals surface area contributed by atoms with E-state index >= 15 is 0 Å². The zero-order valence-electron chi connectivity index (χ0n) is 11.1. The van der Waals surface area contributed by atoms with E-state index < -0.39 is 0 Å². The number of para-hydroxylation sites is 2. The van der Waals surface area contributed by atoms with E-state index in [1.165, 1.54) is 17.1 Å². The fourth-order valence-electron chi connectivity index (χ4n) is 2.56. The lowest BCUT2D eigenvalue weighted by atomic mass is 10.1. The highest BCUT2D eigenvalue weighted by Gasteiger charge is 2.20. The van der Waals surface area contributed by atoms with Crippen molar-refractivity contribution >= 4 is 17.1 Å². The van der Waals surface area contributed by atoms with E-state index in [1.807, 2.05) is 12.1 Å². The highest BCUT2D eigenvalue weighted by atomic mass is 16.3. The standard InChI is InChI=1S/C16H18N2O/c1-17-10-11-18(16-5-3-2-4-15(16)17)14-8-6-13(12-19)7-9-14/h2-9,19H,10-12H2,1H3. The van der Waals surface area contributed by atoms with E-state index in [0.29, 0.717) is 0 Å². The molecule has 0 radical (unpaired) electrons. The first-order valence-electron chi connectivity index (χ1n) is 6.57. The summed E-state index contributed by atoms with van der Waals surface area (Å²) < 4.78 is 0. The van der Waals surface area contributed by atoms with Gasteiger partial charge in [-0.2, -0.15) is 0 Å². The van der Waals surface area contributed by atoms with Crippen molar-refractivity contribution in [1.29, 1.82) is 0 Å². The van der Waals surface area contributed by atoms with Gasteiger partial charge in [-0.15, -0.1) is 0 Å². The molecule has 2 aromatic carbocycles. The summed E-state index contributed by atoms with van der Waals surface area (Å²) >= 11 is 0. The highest BCUT2D eigenvalue weighted by molar-refractivity contribution is 5.79. The lowest BCUT2D eigenvalue weighted by molar-refractivity contribution is 0.282. The molecule has 3 heteroatoms. The van der Waals surface area contributed by atoms with Crippen molar-refractivity contribution in [2.24, 2.45) is 0 Å². The molecule has 0 saturated heterocycles. The zero-order chi connectivity index (χ0) is 13.2. The summed E-state index contributed by atoms with van der Waals surface area (Å²) in [4.78, 5) is 4.62. The summed E-state index contributed by atoms with van der Waals surface area (Å²) in [6.07, 6.45) is 0. The van der Waals surface area contributed by atoms with Gasteiger partial charge in [-0.3, -0.25) is 0 Å². The molecule has 0 saturated carbocycles. The molecule has 1 aliphatic heterocycles. The summed E-state index contributed by atoms with van der Waals surface area (Å²) in [5, 5.41) is 9.11. The molecule has 0 amide bonds. The molecule has 0 fully saturated rings. The molecule has 98 valence electrons. The predicted octanol–water partition coefficient (Wildman–Crippen LogP) is 2.77. The maximum absolute atomic E-state index is 9.11. The normalized spacial score (nSPS) is 14.4. The van der Waals surface area contributed by atoms with E-state index in [1.54, 1.807) is 0 Å². The SMILES string of the molecule is CN1CCN(c2ccc(CO)cc2)c2ccccc21. The Morgan fingerprint density at radius 2 is 1.63 bits per heavy atom. The van der Waals surface area contributed by atoms with Crippen LogP contribution in [0.5, 0.6) is 0 Å². The first-order valence-corrected chi connectivity index (χ1v) is 6.57. The number of aliphatic hydroxyl groups is 1. The number of likely N-dealkylation sites (N-methyl/N-ethyl adjacent to an activating group) is 1. The molecule has 0 aromatic heterocycles. The largest absolute Gasteiger partial charge is 0.392 e. The molecule has 0 atom stereocenters. The number of anilines is 3. The summed E-state index contributed by atoms with van der Waals surface area (Å²) in [5.74, 6) is 0. The van der Waals surface area contributed by atoms with Gasteiger partial charge in [0.05, 0.1) is 18.0 Å². The molecule has 0 spiro atoms. The van der Waals surface area contributed by atoms with Gasteiger partial charge in [0, 0.05) is 25.8 Å². The second-order valence-corrected chi connectivity index (χ2v) is 4.89. The van der Waals surface area contributed by atoms with Crippen LogP contribution in [0.2, 0.25) is 0 Å². The smallest absolute Gasteiger partial charge is 0.0681 e. The zero-order valence-corrected chi connectivity index (χ0v) is 11.1. The lowest BCUT2D eigenvalue weighted by Gasteiger charge is -2.37. The first kappa shape index (κ1) is 12.1. The molecule has 19 heavy (non-hydrogen) atoms. The van der Waals surface area contributed by atoms with Crippen LogP contribution >= 0.6 is 0 Å². The molecule has 1 heterocycles. The van der Waals surface area contributed by atoms with Crippen LogP contribution in [-0.2, 0) is 6.61 Å². The fourth-order valence-corrected chi connectivity index (χ4v) is 2.56. The Kier molecular flexibility index (Phi) is 3.13. The van der Waals surface area contributed by atoms with Gasteiger partial charge in [0.2, 0.25) is 0 Å². The number of benzene rings is 2. The van der Waals surface area contributed by atoms with Gasteiger partial charge in [0.25, 0.3) is 0 Å². The third-order valence-corrected chi connectivity index (χ3v) is 3.67. The van der Waals surface area contributed by atoms with Crippen LogP contribution in [-0.4, -0.2) is 25.2 Å². The summed E-state index contributed by atoms with van der Waals surface area (Å²) in [6, 6.07) is 16.6. The van der Waals surface area contributed by atoms with Crippen molar-refractivity contribution in [3.63, 3.8) is 0 Å². The van der Waals surface area contributed by atoms with E-state index in [9.17, 15) is 0 Å². The number of hydrogen-bond donors (Lipinski definition) is 1. The quantitative estimate of drug-likeness (QED) is 0.892. The van der Waals surface area contributed by atoms with Crippen molar-refractivity contribution in [3.8, 4) is 0 Å². The Bertz CT molecular complexity index is 565. The first-order chi connectivity index (χ1) is 9.29. The molecule has 3 rings (SSSR count).